The third-order valence-corrected chi connectivity index (χ3v) is 6.77. The molecule has 10 heteroatoms. The molecule has 0 spiro atoms. The molecule has 2 aliphatic rings. The summed E-state index contributed by atoms with van der Waals surface area (Å²) in [6.07, 6.45) is 0.534. The summed E-state index contributed by atoms with van der Waals surface area (Å²) in [4.78, 5) is 43.8. The van der Waals surface area contributed by atoms with Gasteiger partial charge < -0.3 is 15.0 Å². The topological polar surface area (TPSA) is 82.2 Å². The number of hydrogen-bond donors (Lipinski definition) is 1. The van der Waals surface area contributed by atoms with Gasteiger partial charge in [0.05, 0.1) is 28.3 Å². The number of esters is 1. The second kappa shape index (κ2) is 11.4. The number of nitrogens with zero attached hydrogens (tertiary/aromatic N) is 3. The van der Waals surface area contributed by atoms with Crippen LogP contribution in [0.2, 0.25) is 10.0 Å². The number of halogens is 2. The van der Waals surface area contributed by atoms with Crippen molar-refractivity contribution in [3.8, 4) is 0 Å². The summed E-state index contributed by atoms with van der Waals surface area (Å²) in [6, 6.07) is 3.97. The lowest BCUT2D eigenvalue weighted by atomic mass is 9.94. The minimum atomic E-state index is -0.721. The highest BCUT2D eigenvalue weighted by Crippen LogP contribution is 2.34. The smallest absolute Gasteiger partial charge is 0.338 e. The van der Waals surface area contributed by atoms with Gasteiger partial charge in [-0.3, -0.25) is 14.6 Å². The van der Waals surface area contributed by atoms with Gasteiger partial charge in [-0.05, 0) is 30.5 Å². The Hall–Kier alpha value is -2.29. The Kier molecular flexibility index (Phi) is 8.84. The van der Waals surface area contributed by atoms with Gasteiger partial charge in [0.15, 0.2) is 0 Å². The fourth-order valence-corrected chi connectivity index (χ4v) is 4.49. The van der Waals surface area contributed by atoms with Crippen molar-refractivity contribution in [2.75, 3.05) is 46.4 Å². The molecule has 0 bridgehead atoms. The van der Waals surface area contributed by atoms with E-state index in [9.17, 15) is 14.4 Å². The van der Waals surface area contributed by atoms with Gasteiger partial charge in [0.1, 0.15) is 0 Å². The second-order valence-electron chi connectivity index (χ2n) is 8.95. The van der Waals surface area contributed by atoms with Crippen molar-refractivity contribution in [3.63, 3.8) is 0 Å². The largest absolute Gasteiger partial charge is 0.463 e. The van der Waals surface area contributed by atoms with Gasteiger partial charge in [-0.1, -0.05) is 43.1 Å². The second-order valence-corrected chi connectivity index (χ2v) is 9.77. The number of nitrogens with one attached hydrogen (secondary N) is 1. The first-order valence-corrected chi connectivity index (χ1v) is 12.3. The van der Waals surface area contributed by atoms with Crippen LogP contribution >= 0.6 is 23.2 Å². The number of piperazine rings is 1. The van der Waals surface area contributed by atoms with E-state index in [1.165, 1.54) is 4.90 Å². The van der Waals surface area contributed by atoms with E-state index in [1.54, 1.807) is 32.2 Å². The van der Waals surface area contributed by atoms with E-state index >= 15 is 0 Å². The molecule has 186 valence electrons. The normalized spacial score (nSPS) is 19.5. The summed E-state index contributed by atoms with van der Waals surface area (Å²) in [5.41, 5.74) is 1.57. The van der Waals surface area contributed by atoms with Crippen LogP contribution in [0.4, 0.5) is 4.79 Å². The average molecular weight is 511 g/mol. The van der Waals surface area contributed by atoms with E-state index in [-0.39, 0.29) is 18.5 Å². The lowest BCUT2D eigenvalue weighted by Gasteiger charge is -2.39. The molecule has 34 heavy (non-hydrogen) atoms. The fourth-order valence-electron chi connectivity index (χ4n) is 4.19. The van der Waals surface area contributed by atoms with Crippen molar-refractivity contribution in [1.29, 1.82) is 0 Å². The zero-order valence-corrected chi connectivity index (χ0v) is 21.6. The Bertz CT molecular complexity index is 974. The van der Waals surface area contributed by atoms with Crippen LogP contribution in [0, 0.1) is 5.92 Å². The van der Waals surface area contributed by atoms with Crippen molar-refractivity contribution < 1.29 is 19.1 Å². The van der Waals surface area contributed by atoms with Gasteiger partial charge in [-0.15, -0.1) is 0 Å². The third kappa shape index (κ3) is 6.03. The predicted octanol–water partition coefficient (Wildman–Crippen LogP) is 3.70. The molecule has 1 aromatic carbocycles. The zero-order chi connectivity index (χ0) is 25.0. The maximum atomic E-state index is 13.1. The first kappa shape index (κ1) is 26.3. The van der Waals surface area contributed by atoms with E-state index < -0.39 is 12.0 Å². The maximum absolute atomic E-state index is 13.1. The molecule has 0 aromatic heterocycles. The summed E-state index contributed by atoms with van der Waals surface area (Å²) < 4.78 is 5.37. The van der Waals surface area contributed by atoms with Gasteiger partial charge >= 0.3 is 12.0 Å². The molecule has 2 aliphatic heterocycles. The molecular formula is C24H32Cl2N4O4. The Balaban J connectivity index is 1.89. The number of hydrogen-bond acceptors (Lipinski definition) is 5. The van der Waals surface area contributed by atoms with Crippen LogP contribution in [0.1, 0.15) is 38.8 Å². The van der Waals surface area contributed by atoms with Gasteiger partial charge in [-0.2, -0.15) is 0 Å². The van der Waals surface area contributed by atoms with Crippen LogP contribution in [-0.4, -0.2) is 79.0 Å². The lowest BCUT2D eigenvalue weighted by Crippen LogP contribution is -2.53. The molecule has 1 fully saturated rings. The number of carbonyl (C=O) groups is 3. The summed E-state index contributed by atoms with van der Waals surface area (Å²) in [7, 11) is 1.64. The third-order valence-electron chi connectivity index (χ3n) is 6.03. The highest BCUT2D eigenvalue weighted by atomic mass is 35.5. The Labute approximate surface area is 210 Å². The zero-order valence-electron chi connectivity index (χ0n) is 20.1. The summed E-state index contributed by atoms with van der Waals surface area (Å²) in [5.74, 6) is -0.0170. The highest BCUT2D eigenvalue weighted by molar-refractivity contribution is 6.42. The van der Waals surface area contributed by atoms with Crippen LogP contribution in [0.5, 0.6) is 0 Å². The average Bonchev–Trinajstić information content (AvgIpc) is 2.78. The Morgan fingerprint density at radius 2 is 1.82 bits per heavy atom. The van der Waals surface area contributed by atoms with Gasteiger partial charge in [0.2, 0.25) is 5.91 Å². The summed E-state index contributed by atoms with van der Waals surface area (Å²) in [5, 5.41) is 3.60. The van der Waals surface area contributed by atoms with E-state index in [2.05, 4.69) is 10.2 Å². The standard InChI is InChI=1S/C24H32Cl2N4O4/c1-5-34-23(32)21-19(14-29-8-10-30(11-9-29)20(31)12-15(2)3)28(4)24(33)27-22(21)16-6-7-17(25)18(26)13-16/h6-7,13,15,22H,5,8-12,14H2,1-4H3,(H,27,33)/t22-/m1/s1. The SMILES string of the molecule is CCOC(=O)C1=C(CN2CCN(C(=O)CC(C)C)CC2)N(C)C(=O)N[C@@H]1c1ccc(Cl)c(Cl)c1. The predicted molar refractivity (Wildman–Crippen MR) is 132 cm³/mol. The molecule has 2 heterocycles. The Morgan fingerprint density at radius 3 is 2.41 bits per heavy atom. The van der Waals surface area contributed by atoms with Crippen LogP contribution < -0.4 is 5.32 Å². The number of likely N-dealkylation sites (N-methyl/N-ethyl adjacent to an activating group) is 1. The number of ether oxygens (including phenoxy) is 1. The molecule has 0 radical (unpaired) electrons. The molecule has 8 nitrogen and oxygen atoms in total. The molecule has 0 saturated carbocycles. The first-order valence-electron chi connectivity index (χ1n) is 11.5. The quantitative estimate of drug-likeness (QED) is 0.565. The summed E-state index contributed by atoms with van der Waals surface area (Å²) in [6.45, 7) is 8.91. The van der Waals surface area contributed by atoms with Crippen molar-refractivity contribution in [1.82, 2.24) is 20.0 Å². The van der Waals surface area contributed by atoms with E-state index in [4.69, 9.17) is 27.9 Å². The molecule has 3 amide bonds. The van der Waals surface area contributed by atoms with E-state index in [0.29, 0.717) is 71.9 Å². The molecule has 0 unspecified atom stereocenters. The van der Waals surface area contributed by atoms with Crippen molar-refractivity contribution >= 4 is 41.1 Å². The minimum absolute atomic E-state index is 0.162. The van der Waals surface area contributed by atoms with E-state index in [1.807, 2.05) is 18.7 Å². The first-order chi connectivity index (χ1) is 16.1. The highest BCUT2D eigenvalue weighted by Gasteiger charge is 2.38. The fraction of sp³-hybridized carbons (Fsp3) is 0.542. The molecule has 1 aromatic rings. The number of benzene rings is 1. The van der Waals surface area contributed by atoms with Gasteiger partial charge in [0.25, 0.3) is 0 Å². The van der Waals surface area contributed by atoms with Gasteiger partial charge in [-0.25, -0.2) is 9.59 Å². The number of carbonyl (C=O) groups excluding carboxylic acids is 3. The Morgan fingerprint density at radius 1 is 1.15 bits per heavy atom. The van der Waals surface area contributed by atoms with E-state index in [0.717, 1.165) is 0 Å². The van der Waals surface area contributed by atoms with Crippen molar-refractivity contribution in [2.24, 2.45) is 5.92 Å². The van der Waals surface area contributed by atoms with Crippen LogP contribution in [0.15, 0.2) is 29.5 Å². The molecule has 1 N–H and O–H groups in total. The monoisotopic (exact) mass is 510 g/mol. The minimum Gasteiger partial charge on any atom is -0.463 e. The van der Waals surface area contributed by atoms with Crippen molar-refractivity contribution in [3.05, 3.63) is 45.1 Å². The number of urea groups is 1. The number of amides is 3. The molecule has 0 aliphatic carbocycles. The van der Waals surface area contributed by atoms with Crippen LogP contribution in [0.3, 0.4) is 0 Å². The molecule has 1 atom stereocenters. The number of rotatable bonds is 7. The van der Waals surface area contributed by atoms with Crippen LogP contribution in [-0.2, 0) is 14.3 Å². The maximum Gasteiger partial charge on any atom is 0.338 e. The van der Waals surface area contributed by atoms with Gasteiger partial charge in [0, 0.05) is 51.9 Å². The van der Waals surface area contributed by atoms with Crippen molar-refractivity contribution in [2.45, 2.75) is 33.2 Å². The lowest BCUT2D eigenvalue weighted by molar-refractivity contribution is -0.139. The molecule has 1 saturated heterocycles. The molecule has 3 rings (SSSR count). The van der Waals surface area contributed by atoms with Crippen LogP contribution in [0.25, 0.3) is 0 Å². The molecular weight excluding hydrogens is 479 g/mol. The summed E-state index contributed by atoms with van der Waals surface area (Å²) >= 11 is 12.3.